The van der Waals surface area contributed by atoms with Crippen molar-refractivity contribution < 1.29 is 4.79 Å². The van der Waals surface area contributed by atoms with Gasteiger partial charge < -0.3 is 0 Å². The minimum atomic E-state index is -0.326. The van der Waals surface area contributed by atoms with Crippen molar-refractivity contribution in [3.05, 3.63) is 41.1 Å². The number of aryl methyl sites for hydroxylation is 2. The molecule has 0 aliphatic carbocycles. The Kier molecular flexibility index (Phi) is 2.58. The average molecular weight is 215 g/mol. The van der Waals surface area contributed by atoms with Crippen LogP contribution in [0.3, 0.4) is 0 Å². The number of benzene rings is 1. The van der Waals surface area contributed by atoms with Gasteiger partial charge in [0.2, 0.25) is 0 Å². The molecule has 0 atom stereocenters. The van der Waals surface area contributed by atoms with Crippen molar-refractivity contribution in [1.82, 2.24) is 10.4 Å². The number of rotatable bonds is 1. The van der Waals surface area contributed by atoms with Crippen molar-refractivity contribution in [2.24, 2.45) is 5.84 Å². The number of nitrogen functional groups attached to an aromatic ring is 1. The first kappa shape index (κ1) is 10.6. The molecule has 82 valence electrons. The van der Waals surface area contributed by atoms with Crippen LogP contribution in [0.5, 0.6) is 0 Å². The van der Waals surface area contributed by atoms with E-state index in [2.05, 4.69) is 10.4 Å². The summed E-state index contributed by atoms with van der Waals surface area (Å²) in [6, 6.07) is 5.76. The highest BCUT2D eigenvalue weighted by atomic mass is 16.2. The predicted octanol–water partition coefficient (Wildman–Crippen LogP) is 1.46. The molecule has 0 fully saturated rings. The van der Waals surface area contributed by atoms with Gasteiger partial charge in [-0.1, -0.05) is 12.1 Å². The first-order valence-corrected chi connectivity index (χ1v) is 5.00. The van der Waals surface area contributed by atoms with Crippen LogP contribution in [0.15, 0.2) is 24.4 Å². The molecule has 0 aliphatic rings. The summed E-state index contributed by atoms with van der Waals surface area (Å²) in [5.41, 5.74) is 5.82. The summed E-state index contributed by atoms with van der Waals surface area (Å²) in [6.07, 6.45) is 1.54. The summed E-state index contributed by atoms with van der Waals surface area (Å²) in [5, 5.41) is 0.948. The minimum Gasteiger partial charge on any atom is -0.290 e. The molecule has 0 spiro atoms. The van der Waals surface area contributed by atoms with Crippen molar-refractivity contribution >= 4 is 16.8 Å². The molecule has 2 rings (SSSR count). The van der Waals surface area contributed by atoms with Crippen LogP contribution in [-0.2, 0) is 0 Å². The summed E-state index contributed by atoms with van der Waals surface area (Å²) >= 11 is 0. The third-order valence-corrected chi connectivity index (χ3v) is 2.77. The van der Waals surface area contributed by atoms with E-state index in [9.17, 15) is 4.79 Å². The van der Waals surface area contributed by atoms with Gasteiger partial charge in [-0.15, -0.1) is 0 Å². The van der Waals surface area contributed by atoms with Gasteiger partial charge in [0.25, 0.3) is 5.91 Å². The SMILES string of the molecule is Cc1ccc2cc(C(=O)NN)cnc2c1C. The fourth-order valence-electron chi connectivity index (χ4n) is 1.66. The van der Waals surface area contributed by atoms with Crippen molar-refractivity contribution in [3.63, 3.8) is 0 Å². The van der Waals surface area contributed by atoms with E-state index in [-0.39, 0.29) is 5.91 Å². The maximum Gasteiger partial charge on any atom is 0.266 e. The highest BCUT2D eigenvalue weighted by Crippen LogP contribution is 2.20. The fraction of sp³-hybridized carbons (Fsp3) is 0.167. The van der Waals surface area contributed by atoms with Crippen LogP contribution in [0.2, 0.25) is 0 Å². The number of nitrogens with two attached hydrogens (primary N) is 1. The predicted molar refractivity (Wildman–Crippen MR) is 62.9 cm³/mol. The molecular weight excluding hydrogens is 202 g/mol. The summed E-state index contributed by atoms with van der Waals surface area (Å²) in [6.45, 7) is 4.06. The lowest BCUT2D eigenvalue weighted by Gasteiger charge is -2.06. The molecule has 0 saturated carbocycles. The van der Waals surface area contributed by atoms with E-state index < -0.39 is 0 Å². The fourth-order valence-corrected chi connectivity index (χ4v) is 1.66. The molecule has 3 N–H and O–H groups in total. The zero-order valence-corrected chi connectivity index (χ0v) is 9.24. The normalized spacial score (nSPS) is 10.4. The quantitative estimate of drug-likeness (QED) is 0.430. The summed E-state index contributed by atoms with van der Waals surface area (Å²) in [7, 11) is 0. The molecule has 0 saturated heterocycles. The molecule has 2 aromatic rings. The van der Waals surface area contributed by atoms with Gasteiger partial charge in [-0.05, 0) is 31.0 Å². The molecule has 1 aromatic heterocycles. The number of hydrazine groups is 1. The molecule has 16 heavy (non-hydrogen) atoms. The van der Waals surface area contributed by atoms with Crippen LogP contribution < -0.4 is 11.3 Å². The van der Waals surface area contributed by atoms with Crippen molar-refractivity contribution in [3.8, 4) is 0 Å². The van der Waals surface area contributed by atoms with E-state index in [1.165, 1.54) is 11.8 Å². The van der Waals surface area contributed by atoms with Crippen LogP contribution in [0.25, 0.3) is 10.9 Å². The molecular formula is C12H13N3O. The largest absolute Gasteiger partial charge is 0.290 e. The van der Waals surface area contributed by atoms with Crippen LogP contribution >= 0.6 is 0 Å². The lowest BCUT2D eigenvalue weighted by Crippen LogP contribution is -2.30. The monoisotopic (exact) mass is 215 g/mol. The zero-order chi connectivity index (χ0) is 11.7. The van der Waals surface area contributed by atoms with Gasteiger partial charge in [0.1, 0.15) is 0 Å². The van der Waals surface area contributed by atoms with Gasteiger partial charge in [0.15, 0.2) is 0 Å². The van der Waals surface area contributed by atoms with Crippen molar-refractivity contribution in [2.45, 2.75) is 13.8 Å². The van der Waals surface area contributed by atoms with E-state index in [0.717, 1.165) is 16.5 Å². The second kappa shape index (κ2) is 3.90. The number of carbonyl (C=O) groups excluding carboxylic acids is 1. The van der Waals surface area contributed by atoms with Gasteiger partial charge in [0.05, 0.1) is 11.1 Å². The molecule has 0 radical (unpaired) electrons. The first-order chi connectivity index (χ1) is 7.63. The van der Waals surface area contributed by atoms with Crippen LogP contribution in [-0.4, -0.2) is 10.9 Å². The first-order valence-electron chi connectivity index (χ1n) is 5.00. The van der Waals surface area contributed by atoms with Gasteiger partial charge in [-0.3, -0.25) is 15.2 Å². The van der Waals surface area contributed by atoms with Gasteiger partial charge in [-0.2, -0.15) is 0 Å². The second-order valence-corrected chi connectivity index (χ2v) is 3.78. The Balaban J connectivity index is 2.65. The zero-order valence-electron chi connectivity index (χ0n) is 9.24. The lowest BCUT2D eigenvalue weighted by atomic mass is 10.0. The number of nitrogens with zero attached hydrogens (tertiary/aromatic N) is 1. The number of aromatic nitrogens is 1. The molecule has 0 bridgehead atoms. The van der Waals surface area contributed by atoms with Gasteiger partial charge >= 0.3 is 0 Å². The van der Waals surface area contributed by atoms with Gasteiger partial charge in [0, 0.05) is 11.6 Å². The topological polar surface area (TPSA) is 68.0 Å². The Labute approximate surface area is 93.4 Å². The van der Waals surface area contributed by atoms with E-state index in [1.807, 2.05) is 26.0 Å². The summed E-state index contributed by atoms with van der Waals surface area (Å²) in [5.74, 6) is 4.75. The number of hydrogen-bond donors (Lipinski definition) is 2. The number of pyridine rings is 1. The Morgan fingerprint density at radius 3 is 2.81 bits per heavy atom. The Morgan fingerprint density at radius 1 is 1.38 bits per heavy atom. The van der Waals surface area contributed by atoms with Crippen LogP contribution in [0, 0.1) is 13.8 Å². The number of amides is 1. The Hall–Kier alpha value is -1.94. The molecule has 1 heterocycles. The summed E-state index contributed by atoms with van der Waals surface area (Å²) < 4.78 is 0. The molecule has 1 amide bonds. The summed E-state index contributed by atoms with van der Waals surface area (Å²) in [4.78, 5) is 15.6. The number of carbonyl (C=O) groups is 1. The maximum absolute atomic E-state index is 11.3. The lowest BCUT2D eigenvalue weighted by molar-refractivity contribution is 0.0953. The number of nitrogens with one attached hydrogen (secondary N) is 1. The maximum atomic E-state index is 11.3. The molecule has 1 aromatic carbocycles. The third kappa shape index (κ3) is 1.63. The standard InChI is InChI=1S/C12H13N3O/c1-7-3-4-9-5-10(12(16)15-13)6-14-11(9)8(7)2/h3-6H,13H2,1-2H3,(H,15,16). The Bertz CT molecular complexity index is 563. The Morgan fingerprint density at radius 2 is 2.12 bits per heavy atom. The van der Waals surface area contributed by atoms with E-state index >= 15 is 0 Å². The average Bonchev–Trinajstić information content (AvgIpc) is 2.32. The van der Waals surface area contributed by atoms with E-state index in [0.29, 0.717) is 5.56 Å². The molecule has 0 aliphatic heterocycles. The van der Waals surface area contributed by atoms with Crippen molar-refractivity contribution in [2.75, 3.05) is 0 Å². The van der Waals surface area contributed by atoms with E-state index in [4.69, 9.17) is 5.84 Å². The highest BCUT2D eigenvalue weighted by molar-refractivity contribution is 5.97. The molecule has 0 unspecified atom stereocenters. The van der Waals surface area contributed by atoms with Crippen LogP contribution in [0.1, 0.15) is 21.5 Å². The van der Waals surface area contributed by atoms with E-state index in [1.54, 1.807) is 6.07 Å². The molecule has 4 nitrogen and oxygen atoms in total. The van der Waals surface area contributed by atoms with Crippen LogP contribution in [0.4, 0.5) is 0 Å². The van der Waals surface area contributed by atoms with Crippen molar-refractivity contribution in [1.29, 1.82) is 0 Å². The number of fused-ring (bicyclic) bond motifs is 1. The smallest absolute Gasteiger partial charge is 0.266 e. The molecule has 4 heteroatoms. The van der Waals surface area contributed by atoms with Gasteiger partial charge in [-0.25, -0.2) is 5.84 Å². The highest BCUT2D eigenvalue weighted by Gasteiger charge is 2.07. The third-order valence-electron chi connectivity index (χ3n) is 2.77. The minimum absolute atomic E-state index is 0.326. The second-order valence-electron chi connectivity index (χ2n) is 3.78. The number of hydrogen-bond acceptors (Lipinski definition) is 3.